The van der Waals surface area contributed by atoms with Crippen molar-refractivity contribution in [2.75, 3.05) is 13.1 Å². The fraction of sp³-hybridized carbons (Fsp3) is 0.538. The molecular weight excluding hydrogens is 283 g/mol. The summed E-state index contributed by atoms with van der Waals surface area (Å²) in [4.78, 5) is 0. The van der Waals surface area contributed by atoms with E-state index >= 15 is 0 Å². The van der Waals surface area contributed by atoms with Crippen molar-refractivity contribution < 1.29 is 4.39 Å². The molecule has 0 amide bonds. The maximum absolute atomic E-state index is 13.2. The highest BCUT2D eigenvalue weighted by Crippen LogP contribution is 2.18. The Labute approximate surface area is 110 Å². The average Bonchev–Trinajstić information content (AvgIpc) is 3.12. The normalized spacial score (nSPS) is 15.2. The van der Waals surface area contributed by atoms with Crippen LogP contribution < -0.4 is 10.6 Å². The summed E-state index contributed by atoms with van der Waals surface area (Å²) in [7, 11) is 0. The van der Waals surface area contributed by atoms with E-state index < -0.39 is 0 Å². The Bertz CT molecular complexity index is 366. The first-order chi connectivity index (χ1) is 8.25. The minimum absolute atomic E-state index is 0.195. The summed E-state index contributed by atoms with van der Waals surface area (Å²) in [6.45, 7) is 2.78. The van der Waals surface area contributed by atoms with E-state index in [0.717, 1.165) is 37.7 Å². The van der Waals surface area contributed by atoms with Gasteiger partial charge in [0.15, 0.2) is 0 Å². The Hall–Kier alpha value is -0.450. The van der Waals surface area contributed by atoms with Crippen LogP contribution in [0.2, 0.25) is 0 Å². The molecule has 0 heterocycles. The fourth-order valence-electron chi connectivity index (χ4n) is 1.69. The van der Waals surface area contributed by atoms with Crippen LogP contribution in [0.4, 0.5) is 4.39 Å². The quantitative estimate of drug-likeness (QED) is 0.757. The second kappa shape index (κ2) is 6.47. The van der Waals surface area contributed by atoms with Crippen LogP contribution in [0.1, 0.15) is 24.8 Å². The SMILES string of the molecule is Fc1cc(CNCCCNC2CC2)ccc1Br. The molecule has 1 aromatic carbocycles. The number of hydrogen-bond donors (Lipinski definition) is 2. The summed E-state index contributed by atoms with van der Waals surface area (Å²) >= 11 is 3.15. The topological polar surface area (TPSA) is 24.1 Å². The molecule has 0 spiro atoms. The second-order valence-electron chi connectivity index (χ2n) is 4.51. The van der Waals surface area contributed by atoms with Gasteiger partial charge in [-0.3, -0.25) is 0 Å². The van der Waals surface area contributed by atoms with Crippen LogP contribution in [0.5, 0.6) is 0 Å². The highest BCUT2D eigenvalue weighted by molar-refractivity contribution is 9.10. The molecule has 2 rings (SSSR count). The van der Waals surface area contributed by atoms with Crippen molar-refractivity contribution in [3.8, 4) is 0 Å². The minimum Gasteiger partial charge on any atom is -0.314 e. The van der Waals surface area contributed by atoms with Gasteiger partial charge in [0.2, 0.25) is 0 Å². The largest absolute Gasteiger partial charge is 0.314 e. The van der Waals surface area contributed by atoms with Crippen LogP contribution in [0, 0.1) is 5.82 Å². The predicted molar refractivity (Wildman–Crippen MR) is 71.4 cm³/mol. The standard InChI is InChI=1S/C13H18BrFN2/c14-12-5-2-10(8-13(12)15)9-16-6-1-7-17-11-3-4-11/h2,5,8,11,16-17H,1,3-4,6-7,9H2. The molecule has 0 aliphatic heterocycles. The molecule has 94 valence electrons. The van der Waals surface area contributed by atoms with Gasteiger partial charge in [-0.15, -0.1) is 0 Å². The van der Waals surface area contributed by atoms with Gasteiger partial charge in [-0.25, -0.2) is 4.39 Å². The molecule has 0 saturated heterocycles. The molecule has 0 atom stereocenters. The monoisotopic (exact) mass is 300 g/mol. The van der Waals surface area contributed by atoms with Crippen molar-refractivity contribution in [2.45, 2.75) is 31.8 Å². The molecule has 1 aliphatic carbocycles. The van der Waals surface area contributed by atoms with Crippen molar-refractivity contribution in [1.82, 2.24) is 10.6 Å². The molecule has 1 aliphatic rings. The van der Waals surface area contributed by atoms with E-state index in [2.05, 4.69) is 26.6 Å². The van der Waals surface area contributed by atoms with Crippen LogP contribution >= 0.6 is 15.9 Å². The lowest BCUT2D eigenvalue weighted by Gasteiger charge is -2.06. The van der Waals surface area contributed by atoms with Crippen molar-refractivity contribution in [1.29, 1.82) is 0 Å². The lowest BCUT2D eigenvalue weighted by molar-refractivity contribution is 0.587. The van der Waals surface area contributed by atoms with Gasteiger partial charge in [-0.1, -0.05) is 6.07 Å². The van der Waals surface area contributed by atoms with E-state index in [4.69, 9.17) is 0 Å². The molecular formula is C13H18BrFN2. The molecule has 4 heteroatoms. The molecule has 17 heavy (non-hydrogen) atoms. The van der Waals surface area contributed by atoms with E-state index in [0.29, 0.717) is 4.47 Å². The van der Waals surface area contributed by atoms with Crippen LogP contribution in [0.15, 0.2) is 22.7 Å². The zero-order valence-corrected chi connectivity index (χ0v) is 11.4. The third-order valence-electron chi connectivity index (χ3n) is 2.85. The van der Waals surface area contributed by atoms with Gasteiger partial charge in [0.1, 0.15) is 5.82 Å². The first kappa shape index (κ1) is 13.0. The summed E-state index contributed by atoms with van der Waals surface area (Å²) in [5.74, 6) is -0.195. The Morgan fingerprint density at radius 2 is 2.12 bits per heavy atom. The molecule has 2 nitrogen and oxygen atoms in total. The molecule has 0 unspecified atom stereocenters. The summed E-state index contributed by atoms with van der Waals surface area (Å²) in [5.41, 5.74) is 0.987. The zero-order valence-electron chi connectivity index (χ0n) is 9.81. The maximum Gasteiger partial charge on any atom is 0.137 e. The van der Waals surface area contributed by atoms with E-state index in [1.165, 1.54) is 12.8 Å². The summed E-state index contributed by atoms with van der Waals surface area (Å²) < 4.78 is 13.7. The molecule has 1 aromatic rings. The molecule has 0 aromatic heterocycles. The zero-order chi connectivity index (χ0) is 12.1. The van der Waals surface area contributed by atoms with Gasteiger partial charge in [0, 0.05) is 12.6 Å². The van der Waals surface area contributed by atoms with Gasteiger partial charge in [-0.05, 0) is 66.0 Å². The summed E-state index contributed by atoms with van der Waals surface area (Å²) in [5, 5.41) is 6.79. The van der Waals surface area contributed by atoms with E-state index in [1.807, 2.05) is 6.07 Å². The Kier molecular flexibility index (Phi) is 4.95. The highest BCUT2D eigenvalue weighted by atomic mass is 79.9. The Morgan fingerprint density at radius 3 is 2.82 bits per heavy atom. The van der Waals surface area contributed by atoms with Crippen molar-refractivity contribution >= 4 is 15.9 Å². The van der Waals surface area contributed by atoms with E-state index in [-0.39, 0.29) is 5.82 Å². The van der Waals surface area contributed by atoms with Gasteiger partial charge < -0.3 is 10.6 Å². The lowest BCUT2D eigenvalue weighted by atomic mass is 10.2. The van der Waals surface area contributed by atoms with E-state index in [1.54, 1.807) is 12.1 Å². The number of nitrogens with one attached hydrogen (secondary N) is 2. The maximum atomic E-state index is 13.2. The van der Waals surface area contributed by atoms with Gasteiger partial charge >= 0.3 is 0 Å². The highest BCUT2D eigenvalue weighted by Gasteiger charge is 2.19. The summed E-state index contributed by atoms with van der Waals surface area (Å²) in [6.07, 6.45) is 3.80. The number of rotatable bonds is 7. The van der Waals surface area contributed by atoms with Gasteiger partial charge in [0.05, 0.1) is 4.47 Å². The first-order valence-corrected chi connectivity index (χ1v) is 6.93. The Morgan fingerprint density at radius 1 is 1.29 bits per heavy atom. The molecule has 1 saturated carbocycles. The molecule has 2 N–H and O–H groups in total. The minimum atomic E-state index is -0.195. The van der Waals surface area contributed by atoms with Crippen molar-refractivity contribution in [3.63, 3.8) is 0 Å². The molecule has 0 bridgehead atoms. The molecule has 1 fully saturated rings. The average molecular weight is 301 g/mol. The Balaban J connectivity index is 1.58. The third kappa shape index (κ3) is 4.74. The number of hydrogen-bond acceptors (Lipinski definition) is 2. The lowest BCUT2D eigenvalue weighted by Crippen LogP contribution is -2.23. The third-order valence-corrected chi connectivity index (χ3v) is 3.50. The second-order valence-corrected chi connectivity index (χ2v) is 5.36. The molecule has 0 radical (unpaired) electrons. The van der Waals surface area contributed by atoms with Crippen LogP contribution in [-0.4, -0.2) is 19.1 Å². The number of benzene rings is 1. The van der Waals surface area contributed by atoms with Gasteiger partial charge in [0.25, 0.3) is 0 Å². The van der Waals surface area contributed by atoms with Gasteiger partial charge in [-0.2, -0.15) is 0 Å². The first-order valence-electron chi connectivity index (χ1n) is 6.14. The van der Waals surface area contributed by atoms with E-state index in [9.17, 15) is 4.39 Å². The van der Waals surface area contributed by atoms with Crippen molar-refractivity contribution in [3.05, 3.63) is 34.1 Å². The fourth-order valence-corrected chi connectivity index (χ4v) is 1.94. The summed E-state index contributed by atoms with van der Waals surface area (Å²) in [6, 6.07) is 6.04. The van der Waals surface area contributed by atoms with Crippen LogP contribution in [-0.2, 0) is 6.54 Å². The predicted octanol–water partition coefficient (Wildman–Crippen LogP) is 2.82. The number of halogens is 2. The van der Waals surface area contributed by atoms with Crippen LogP contribution in [0.3, 0.4) is 0 Å². The van der Waals surface area contributed by atoms with Crippen LogP contribution in [0.25, 0.3) is 0 Å². The van der Waals surface area contributed by atoms with Crippen molar-refractivity contribution in [2.24, 2.45) is 0 Å². The smallest absolute Gasteiger partial charge is 0.137 e.